The van der Waals surface area contributed by atoms with Crippen LogP contribution in [0.25, 0.3) is 0 Å². The number of hydrogen-bond acceptors (Lipinski definition) is 2. The molecule has 0 bridgehead atoms. The third kappa shape index (κ3) is 5.96. The largest absolute Gasteiger partial charge is 0.351 e. The molecule has 0 aliphatic heterocycles. The molecule has 114 valence electrons. The van der Waals surface area contributed by atoms with Crippen LogP contribution >= 0.6 is 0 Å². The number of allylic oxidation sites excluding steroid dienone is 3. The van der Waals surface area contributed by atoms with Crippen LogP contribution in [0.2, 0.25) is 0 Å². The van der Waals surface area contributed by atoms with Gasteiger partial charge in [0.15, 0.2) is 0 Å². The lowest BCUT2D eigenvalue weighted by Gasteiger charge is -2.30. The molecule has 0 saturated heterocycles. The van der Waals surface area contributed by atoms with Crippen molar-refractivity contribution in [1.82, 2.24) is 10.2 Å². The number of rotatable bonds is 8. The van der Waals surface area contributed by atoms with Gasteiger partial charge in [-0.1, -0.05) is 62.4 Å². The van der Waals surface area contributed by atoms with E-state index in [9.17, 15) is 4.79 Å². The fourth-order valence-electron chi connectivity index (χ4n) is 2.31. The van der Waals surface area contributed by atoms with Crippen molar-refractivity contribution in [3.63, 3.8) is 0 Å². The monoisotopic (exact) mass is 286 g/mol. The van der Waals surface area contributed by atoms with Crippen LogP contribution in [0.1, 0.15) is 32.4 Å². The highest BCUT2D eigenvalue weighted by molar-refractivity contribution is 5.87. The van der Waals surface area contributed by atoms with E-state index >= 15 is 0 Å². The van der Waals surface area contributed by atoms with Gasteiger partial charge in [0.2, 0.25) is 5.91 Å². The Labute approximate surface area is 128 Å². The highest BCUT2D eigenvalue weighted by atomic mass is 16.1. The van der Waals surface area contributed by atoms with E-state index in [-0.39, 0.29) is 11.9 Å². The van der Waals surface area contributed by atoms with Gasteiger partial charge >= 0.3 is 0 Å². The van der Waals surface area contributed by atoms with E-state index in [1.165, 1.54) is 5.56 Å². The van der Waals surface area contributed by atoms with Gasteiger partial charge in [-0.15, -0.1) is 0 Å². The van der Waals surface area contributed by atoms with E-state index in [1.807, 2.05) is 37.3 Å². The summed E-state index contributed by atoms with van der Waals surface area (Å²) < 4.78 is 0. The lowest BCUT2D eigenvalue weighted by molar-refractivity contribution is -0.116. The molecule has 1 N–H and O–H groups in total. The molecule has 1 atom stereocenters. The number of benzene rings is 1. The van der Waals surface area contributed by atoms with E-state index in [1.54, 1.807) is 12.2 Å². The number of carbonyl (C=O) groups is 1. The molecule has 0 radical (unpaired) electrons. The van der Waals surface area contributed by atoms with Gasteiger partial charge in [-0.2, -0.15) is 0 Å². The molecule has 1 aromatic carbocycles. The summed E-state index contributed by atoms with van der Waals surface area (Å²) in [5.41, 5.74) is 1.24. The van der Waals surface area contributed by atoms with Gasteiger partial charge < -0.3 is 5.32 Å². The van der Waals surface area contributed by atoms with E-state index in [0.29, 0.717) is 6.54 Å². The molecule has 0 aliphatic carbocycles. The number of hydrogen-bond donors (Lipinski definition) is 1. The predicted molar refractivity (Wildman–Crippen MR) is 89.1 cm³/mol. The topological polar surface area (TPSA) is 32.3 Å². The highest BCUT2D eigenvalue weighted by Crippen LogP contribution is 2.19. The number of amides is 1. The number of nitrogens with zero attached hydrogens (tertiary/aromatic N) is 1. The Bertz CT molecular complexity index is 461. The zero-order chi connectivity index (χ0) is 15.5. The molecule has 1 amide bonds. The van der Waals surface area contributed by atoms with Crippen LogP contribution in [-0.2, 0) is 4.79 Å². The van der Waals surface area contributed by atoms with Gasteiger partial charge in [-0.05, 0) is 25.6 Å². The molecular formula is C18H26N2O. The average molecular weight is 286 g/mol. The second kappa shape index (κ2) is 9.94. The molecule has 0 aliphatic rings. The molecule has 3 heteroatoms. The van der Waals surface area contributed by atoms with E-state index in [0.717, 1.165) is 13.1 Å². The normalized spacial score (nSPS) is 13.1. The Morgan fingerprint density at radius 2 is 1.86 bits per heavy atom. The molecule has 0 spiro atoms. The first kappa shape index (κ1) is 17.2. The van der Waals surface area contributed by atoms with Gasteiger partial charge in [-0.25, -0.2) is 0 Å². The maximum absolute atomic E-state index is 11.8. The van der Waals surface area contributed by atoms with Crippen molar-refractivity contribution in [2.75, 3.05) is 19.6 Å². The van der Waals surface area contributed by atoms with Crippen molar-refractivity contribution in [3.8, 4) is 0 Å². The third-order valence-corrected chi connectivity index (χ3v) is 3.46. The fraction of sp³-hybridized carbons (Fsp3) is 0.389. The first-order valence-corrected chi connectivity index (χ1v) is 7.59. The van der Waals surface area contributed by atoms with Gasteiger partial charge in [0.25, 0.3) is 0 Å². The van der Waals surface area contributed by atoms with E-state index < -0.39 is 0 Å². The van der Waals surface area contributed by atoms with Crippen LogP contribution in [0.15, 0.2) is 54.6 Å². The SMILES string of the molecule is C/C=C/C=C/C(=O)NCC(c1ccccc1)N(CC)CC. The lowest BCUT2D eigenvalue weighted by atomic mass is 10.1. The third-order valence-electron chi connectivity index (χ3n) is 3.46. The molecule has 3 nitrogen and oxygen atoms in total. The molecular weight excluding hydrogens is 260 g/mol. The Balaban J connectivity index is 2.72. The Morgan fingerprint density at radius 3 is 2.43 bits per heavy atom. The fourth-order valence-corrected chi connectivity index (χ4v) is 2.31. The first-order valence-electron chi connectivity index (χ1n) is 7.59. The Hall–Kier alpha value is -1.87. The zero-order valence-corrected chi connectivity index (χ0v) is 13.3. The number of carbonyl (C=O) groups excluding carboxylic acids is 1. The van der Waals surface area contributed by atoms with Gasteiger partial charge in [0.1, 0.15) is 0 Å². The molecule has 1 rings (SSSR count). The standard InChI is InChI=1S/C18H26N2O/c1-4-7-9-14-18(21)19-15-17(20(5-2)6-3)16-12-10-8-11-13-16/h4,7-14,17H,5-6,15H2,1-3H3,(H,19,21)/b7-4+,14-9+. The van der Waals surface area contributed by atoms with Crippen molar-refractivity contribution >= 4 is 5.91 Å². The van der Waals surface area contributed by atoms with Gasteiger partial charge in [-0.3, -0.25) is 9.69 Å². The quantitative estimate of drug-likeness (QED) is 0.587. The number of likely N-dealkylation sites (N-methyl/N-ethyl adjacent to an activating group) is 1. The first-order chi connectivity index (χ1) is 10.2. The molecule has 1 unspecified atom stereocenters. The Kier molecular flexibility index (Phi) is 8.14. The summed E-state index contributed by atoms with van der Waals surface area (Å²) in [6.45, 7) is 8.75. The minimum absolute atomic E-state index is 0.0545. The van der Waals surface area contributed by atoms with Crippen LogP contribution in [0.4, 0.5) is 0 Å². The summed E-state index contributed by atoms with van der Waals surface area (Å²) in [6, 6.07) is 10.5. The number of nitrogens with one attached hydrogen (secondary N) is 1. The van der Waals surface area contributed by atoms with Crippen LogP contribution < -0.4 is 5.32 Å². The molecule has 1 aromatic rings. The van der Waals surface area contributed by atoms with E-state index in [4.69, 9.17) is 0 Å². The van der Waals surface area contributed by atoms with Crippen LogP contribution in [0, 0.1) is 0 Å². The molecule has 0 saturated carbocycles. The summed E-state index contributed by atoms with van der Waals surface area (Å²) in [7, 11) is 0. The zero-order valence-electron chi connectivity index (χ0n) is 13.3. The summed E-state index contributed by atoms with van der Waals surface area (Å²) in [5, 5.41) is 2.99. The predicted octanol–water partition coefficient (Wildman–Crippen LogP) is 3.32. The second-order valence-corrected chi connectivity index (χ2v) is 4.78. The van der Waals surface area contributed by atoms with Gasteiger partial charge in [0, 0.05) is 12.6 Å². The van der Waals surface area contributed by atoms with Crippen molar-refractivity contribution in [2.24, 2.45) is 0 Å². The van der Waals surface area contributed by atoms with E-state index in [2.05, 4.69) is 36.2 Å². The maximum Gasteiger partial charge on any atom is 0.244 e. The van der Waals surface area contributed by atoms with Crippen LogP contribution in [-0.4, -0.2) is 30.4 Å². The minimum Gasteiger partial charge on any atom is -0.351 e. The van der Waals surface area contributed by atoms with Crippen LogP contribution in [0.5, 0.6) is 0 Å². The van der Waals surface area contributed by atoms with Crippen molar-refractivity contribution in [2.45, 2.75) is 26.8 Å². The average Bonchev–Trinajstić information content (AvgIpc) is 2.52. The highest BCUT2D eigenvalue weighted by Gasteiger charge is 2.17. The molecule has 0 aromatic heterocycles. The van der Waals surface area contributed by atoms with Crippen molar-refractivity contribution in [1.29, 1.82) is 0 Å². The second-order valence-electron chi connectivity index (χ2n) is 4.78. The van der Waals surface area contributed by atoms with Gasteiger partial charge in [0.05, 0.1) is 6.04 Å². The lowest BCUT2D eigenvalue weighted by Crippen LogP contribution is -2.37. The summed E-state index contributed by atoms with van der Waals surface area (Å²) in [4.78, 5) is 14.2. The summed E-state index contributed by atoms with van der Waals surface area (Å²) in [6.07, 6.45) is 7.06. The van der Waals surface area contributed by atoms with Crippen LogP contribution in [0.3, 0.4) is 0 Å². The summed E-state index contributed by atoms with van der Waals surface area (Å²) >= 11 is 0. The van der Waals surface area contributed by atoms with Crippen molar-refractivity contribution in [3.05, 3.63) is 60.2 Å². The Morgan fingerprint density at radius 1 is 1.19 bits per heavy atom. The molecule has 21 heavy (non-hydrogen) atoms. The van der Waals surface area contributed by atoms with Crippen molar-refractivity contribution < 1.29 is 4.79 Å². The molecule has 0 fully saturated rings. The summed E-state index contributed by atoms with van der Waals surface area (Å²) in [5.74, 6) is -0.0545. The smallest absolute Gasteiger partial charge is 0.244 e. The maximum atomic E-state index is 11.8. The minimum atomic E-state index is -0.0545. The molecule has 0 heterocycles.